The Morgan fingerprint density at radius 2 is 2.35 bits per heavy atom. The van der Waals surface area contributed by atoms with Crippen molar-refractivity contribution in [2.75, 3.05) is 18.5 Å². The standard InChI is InChI=1S/C15H22N2O3/c1-3-20-13-5-4-12(8-11(13)9-18)17-15(19)14-10(2)6-7-16-14/h4-5,8,10,14,16,18H,3,6-7,9H2,1-2H3,(H,17,19). The molecule has 0 aromatic heterocycles. The van der Waals surface area contributed by atoms with Crippen LogP contribution in [-0.2, 0) is 11.4 Å². The summed E-state index contributed by atoms with van der Waals surface area (Å²) >= 11 is 0. The van der Waals surface area contributed by atoms with Crippen molar-refractivity contribution in [2.24, 2.45) is 5.92 Å². The molecular weight excluding hydrogens is 256 g/mol. The average Bonchev–Trinajstić information content (AvgIpc) is 2.87. The molecule has 1 aromatic rings. The molecule has 0 radical (unpaired) electrons. The number of rotatable bonds is 5. The summed E-state index contributed by atoms with van der Waals surface area (Å²) in [6.45, 7) is 5.27. The van der Waals surface area contributed by atoms with Crippen molar-refractivity contribution >= 4 is 11.6 Å². The molecular formula is C15H22N2O3. The van der Waals surface area contributed by atoms with E-state index in [1.165, 1.54) is 0 Å². The first-order valence-electron chi connectivity index (χ1n) is 7.06. The molecule has 1 aliphatic rings. The van der Waals surface area contributed by atoms with E-state index in [1.807, 2.05) is 6.92 Å². The third kappa shape index (κ3) is 3.29. The molecule has 1 heterocycles. The highest BCUT2D eigenvalue weighted by atomic mass is 16.5. The van der Waals surface area contributed by atoms with Gasteiger partial charge in [0.1, 0.15) is 5.75 Å². The molecule has 110 valence electrons. The van der Waals surface area contributed by atoms with Crippen LogP contribution in [-0.4, -0.2) is 30.2 Å². The smallest absolute Gasteiger partial charge is 0.241 e. The van der Waals surface area contributed by atoms with Crippen molar-refractivity contribution in [1.29, 1.82) is 0 Å². The van der Waals surface area contributed by atoms with Crippen molar-refractivity contribution in [3.05, 3.63) is 23.8 Å². The van der Waals surface area contributed by atoms with Crippen molar-refractivity contribution in [3.63, 3.8) is 0 Å². The summed E-state index contributed by atoms with van der Waals surface area (Å²) in [4.78, 5) is 12.2. The van der Waals surface area contributed by atoms with Gasteiger partial charge in [0.15, 0.2) is 0 Å². The van der Waals surface area contributed by atoms with Crippen LogP contribution in [0.5, 0.6) is 5.75 Å². The van der Waals surface area contributed by atoms with E-state index in [9.17, 15) is 9.90 Å². The number of carbonyl (C=O) groups is 1. The molecule has 2 unspecified atom stereocenters. The SMILES string of the molecule is CCOc1ccc(NC(=O)C2NCCC2C)cc1CO. The van der Waals surface area contributed by atoms with Gasteiger partial charge in [-0.2, -0.15) is 0 Å². The average molecular weight is 278 g/mol. The van der Waals surface area contributed by atoms with E-state index in [0.29, 0.717) is 29.5 Å². The molecule has 0 spiro atoms. The number of ether oxygens (including phenoxy) is 1. The Bertz CT molecular complexity index is 476. The predicted molar refractivity (Wildman–Crippen MR) is 77.7 cm³/mol. The summed E-state index contributed by atoms with van der Waals surface area (Å²) in [6.07, 6.45) is 1.02. The maximum Gasteiger partial charge on any atom is 0.241 e. The second-order valence-corrected chi connectivity index (χ2v) is 5.10. The van der Waals surface area contributed by atoms with Crippen molar-refractivity contribution in [3.8, 4) is 5.75 Å². The summed E-state index contributed by atoms with van der Waals surface area (Å²) < 4.78 is 5.42. The number of amides is 1. The van der Waals surface area contributed by atoms with Gasteiger partial charge in [0, 0.05) is 11.3 Å². The number of nitrogens with one attached hydrogen (secondary N) is 2. The Morgan fingerprint density at radius 1 is 1.55 bits per heavy atom. The van der Waals surface area contributed by atoms with Gasteiger partial charge in [-0.3, -0.25) is 4.79 Å². The number of aliphatic hydroxyl groups is 1. The summed E-state index contributed by atoms with van der Waals surface area (Å²) in [5.74, 6) is 0.971. The fourth-order valence-corrected chi connectivity index (χ4v) is 2.48. The third-order valence-electron chi connectivity index (χ3n) is 3.61. The summed E-state index contributed by atoms with van der Waals surface area (Å²) in [5, 5.41) is 15.4. The normalized spacial score (nSPS) is 21.8. The molecule has 0 aliphatic carbocycles. The largest absolute Gasteiger partial charge is 0.494 e. The fraction of sp³-hybridized carbons (Fsp3) is 0.533. The Hall–Kier alpha value is -1.59. The van der Waals surface area contributed by atoms with Crippen LogP contribution < -0.4 is 15.4 Å². The number of hydrogen-bond acceptors (Lipinski definition) is 4. The quantitative estimate of drug-likeness (QED) is 0.763. The molecule has 20 heavy (non-hydrogen) atoms. The zero-order valence-corrected chi connectivity index (χ0v) is 12.0. The van der Waals surface area contributed by atoms with E-state index in [0.717, 1.165) is 13.0 Å². The van der Waals surface area contributed by atoms with Gasteiger partial charge in [-0.15, -0.1) is 0 Å². The lowest BCUT2D eigenvalue weighted by Crippen LogP contribution is -2.39. The van der Waals surface area contributed by atoms with Crippen LogP contribution in [0.2, 0.25) is 0 Å². The van der Waals surface area contributed by atoms with Crippen LogP contribution >= 0.6 is 0 Å². The van der Waals surface area contributed by atoms with E-state index in [4.69, 9.17) is 4.74 Å². The van der Waals surface area contributed by atoms with E-state index < -0.39 is 0 Å². The Kier molecular flexibility index (Phi) is 4.98. The minimum atomic E-state index is -0.140. The predicted octanol–water partition coefficient (Wildman–Crippen LogP) is 1.51. The van der Waals surface area contributed by atoms with Crippen LogP contribution in [0.1, 0.15) is 25.8 Å². The molecule has 1 aliphatic heterocycles. The van der Waals surface area contributed by atoms with E-state index in [1.54, 1.807) is 18.2 Å². The second-order valence-electron chi connectivity index (χ2n) is 5.10. The summed E-state index contributed by atoms with van der Waals surface area (Å²) in [6, 6.07) is 5.18. The Morgan fingerprint density at radius 3 is 2.95 bits per heavy atom. The van der Waals surface area contributed by atoms with Crippen molar-refractivity contribution in [1.82, 2.24) is 5.32 Å². The van der Waals surface area contributed by atoms with Gasteiger partial charge in [0.2, 0.25) is 5.91 Å². The fourth-order valence-electron chi connectivity index (χ4n) is 2.48. The van der Waals surface area contributed by atoms with Gasteiger partial charge in [0.05, 0.1) is 19.3 Å². The third-order valence-corrected chi connectivity index (χ3v) is 3.61. The van der Waals surface area contributed by atoms with Crippen LogP contribution in [0.3, 0.4) is 0 Å². The number of carbonyl (C=O) groups excluding carboxylic acids is 1. The highest BCUT2D eigenvalue weighted by Crippen LogP contribution is 2.24. The number of benzene rings is 1. The Balaban J connectivity index is 2.07. The number of hydrogen-bond donors (Lipinski definition) is 3. The van der Waals surface area contributed by atoms with Gasteiger partial charge in [-0.05, 0) is 44.0 Å². The lowest BCUT2D eigenvalue weighted by atomic mass is 10.0. The minimum absolute atomic E-state index is 0.0250. The number of anilines is 1. The Labute approximate surface area is 119 Å². The molecule has 1 fully saturated rings. The van der Waals surface area contributed by atoms with Crippen molar-refractivity contribution < 1.29 is 14.6 Å². The highest BCUT2D eigenvalue weighted by Gasteiger charge is 2.29. The second kappa shape index (κ2) is 6.72. The van der Waals surface area contributed by atoms with E-state index in [2.05, 4.69) is 17.6 Å². The van der Waals surface area contributed by atoms with Crippen LogP contribution in [0.25, 0.3) is 0 Å². The lowest BCUT2D eigenvalue weighted by molar-refractivity contribution is -0.118. The lowest BCUT2D eigenvalue weighted by Gasteiger charge is -2.16. The van der Waals surface area contributed by atoms with Crippen LogP contribution in [0.15, 0.2) is 18.2 Å². The first-order valence-corrected chi connectivity index (χ1v) is 7.06. The molecule has 5 nitrogen and oxygen atoms in total. The van der Waals surface area contributed by atoms with E-state index in [-0.39, 0.29) is 18.6 Å². The molecule has 1 aromatic carbocycles. The summed E-state index contributed by atoms with van der Waals surface area (Å²) in [7, 11) is 0. The molecule has 0 saturated carbocycles. The van der Waals surface area contributed by atoms with Gasteiger partial charge < -0.3 is 20.5 Å². The molecule has 1 saturated heterocycles. The number of aliphatic hydroxyl groups excluding tert-OH is 1. The molecule has 5 heteroatoms. The topological polar surface area (TPSA) is 70.6 Å². The highest BCUT2D eigenvalue weighted by molar-refractivity contribution is 5.95. The van der Waals surface area contributed by atoms with Crippen LogP contribution in [0, 0.1) is 5.92 Å². The summed E-state index contributed by atoms with van der Waals surface area (Å²) in [5.41, 5.74) is 1.36. The van der Waals surface area contributed by atoms with Gasteiger partial charge in [-0.1, -0.05) is 6.92 Å². The van der Waals surface area contributed by atoms with Gasteiger partial charge in [-0.25, -0.2) is 0 Å². The molecule has 2 atom stereocenters. The first kappa shape index (κ1) is 14.8. The molecule has 3 N–H and O–H groups in total. The van der Waals surface area contributed by atoms with Crippen molar-refractivity contribution in [2.45, 2.75) is 32.9 Å². The van der Waals surface area contributed by atoms with Gasteiger partial charge in [0.25, 0.3) is 0 Å². The van der Waals surface area contributed by atoms with Crippen LogP contribution in [0.4, 0.5) is 5.69 Å². The first-order chi connectivity index (χ1) is 9.65. The molecule has 2 rings (SSSR count). The molecule has 1 amide bonds. The zero-order valence-electron chi connectivity index (χ0n) is 12.0. The zero-order chi connectivity index (χ0) is 14.5. The van der Waals surface area contributed by atoms with Gasteiger partial charge >= 0.3 is 0 Å². The molecule has 0 bridgehead atoms. The monoisotopic (exact) mass is 278 g/mol. The maximum absolute atomic E-state index is 12.2. The maximum atomic E-state index is 12.2. The van der Waals surface area contributed by atoms with E-state index >= 15 is 0 Å². The minimum Gasteiger partial charge on any atom is -0.494 e.